The number of rotatable bonds is 10. The van der Waals surface area contributed by atoms with Crippen LogP contribution in [-0.4, -0.2) is 75.2 Å². The minimum atomic E-state index is -1.17. The second-order valence-electron chi connectivity index (χ2n) is 12.3. The standard InChI is InChI=1S/C31H39ClN8O5S/c1-7-36-26-22-27(39-19(38-26)11-9-16-8-10-18(32)46-16)40(13-37-22)23-17-12-31(17,30(43)35-6)25(45-29(42)21(34)15(4)5)24(23)44-28(41)20(33)14(2)3/h8,10,13-15,17,20-21,23-25H,7,12,33-34H2,1-6H3,(H,35,43)(H,36,38,39)/t17?,20-,21-,23?,24-,25-,31?/m0/s1. The van der Waals surface area contributed by atoms with E-state index in [4.69, 9.17) is 37.5 Å². The summed E-state index contributed by atoms with van der Waals surface area (Å²) in [4.78, 5) is 54.9. The molecule has 0 spiro atoms. The van der Waals surface area contributed by atoms with Gasteiger partial charge in [-0.1, -0.05) is 39.3 Å². The monoisotopic (exact) mass is 670 g/mol. The number of aromatic nitrogens is 4. The highest BCUT2D eigenvalue weighted by molar-refractivity contribution is 7.16. The number of hydrogen-bond acceptors (Lipinski definition) is 12. The van der Waals surface area contributed by atoms with E-state index < -0.39 is 53.6 Å². The van der Waals surface area contributed by atoms with Gasteiger partial charge in [-0.15, -0.1) is 11.3 Å². The molecule has 46 heavy (non-hydrogen) atoms. The molecule has 15 heteroatoms. The van der Waals surface area contributed by atoms with Crippen molar-refractivity contribution in [2.75, 3.05) is 18.9 Å². The molecule has 3 unspecified atom stereocenters. The molecule has 1 amide bonds. The smallest absolute Gasteiger partial charge is 0.323 e. The van der Waals surface area contributed by atoms with Gasteiger partial charge in [0, 0.05) is 19.5 Å². The summed E-state index contributed by atoms with van der Waals surface area (Å²) in [6.07, 6.45) is -0.304. The summed E-state index contributed by atoms with van der Waals surface area (Å²) in [7, 11) is 1.52. The van der Waals surface area contributed by atoms with Gasteiger partial charge in [-0.05, 0) is 49.2 Å². The molecular weight excluding hydrogens is 632 g/mol. The Kier molecular flexibility index (Phi) is 9.60. The molecule has 13 nitrogen and oxygen atoms in total. The molecule has 0 bridgehead atoms. The number of thiophene rings is 1. The number of nitrogens with two attached hydrogens (primary N) is 2. The molecule has 0 radical (unpaired) electrons. The number of halogens is 1. The molecule has 3 aromatic rings. The van der Waals surface area contributed by atoms with Crippen LogP contribution >= 0.6 is 22.9 Å². The zero-order valence-electron chi connectivity index (χ0n) is 26.5. The average molecular weight is 671 g/mol. The van der Waals surface area contributed by atoms with Gasteiger partial charge in [-0.2, -0.15) is 0 Å². The fraction of sp³-hybridized carbons (Fsp3) is 0.548. The van der Waals surface area contributed by atoms with Crippen LogP contribution in [-0.2, 0) is 23.9 Å². The summed E-state index contributed by atoms with van der Waals surface area (Å²) < 4.78 is 14.5. The van der Waals surface area contributed by atoms with Crippen LogP contribution in [0.25, 0.3) is 11.2 Å². The Hall–Kier alpha value is -3.77. The molecule has 3 aromatic heterocycles. The molecule has 2 fully saturated rings. The summed E-state index contributed by atoms with van der Waals surface area (Å²) in [5.41, 5.74) is 12.0. The van der Waals surface area contributed by atoms with E-state index >= 15 is 0 Å². The first-order chi connectivity index (χ1) is 21.8. The van der Waals surface area contributed by atoms with Crippen molar-refractivity contribution in [1.29, 1.82) is 0 Å². The number of fused-ring (bicyclic) bond motifs is 2. The third-order valence-corrected chi connectivity index (χ3v) is 9.84. The highest BCUT2D eigenvalue weighted by Gasteiger charge is 2.78. The van der Waals surface area contributed by atoms with Crippen LogP contribution in [0.4, 0.5) is 5.82 Å². The quantitative estimate of drug-likeness (QED) is 0.183. The average Bonchev–Trinajstić information content (AvgIpc) is 3.25. The van der Waals surface area contributed by atoms with Gasteiger partial charge < -0.3 is 36.1 Å². The molecule has 2 aliphatic carbocycles. The SMILES string of the molecule is CCNc1nc(C#Cc2ccc(Cl)s2)nc2c1ncn2C1C2CC2(C(=O)NC)[C@@H](OC(=O)[C@@H](N)C(C)C)[C@H]1OC(=O)[C@@H](N)C(C)C. The molecule has 6 N–H and O–H groups in total. The van der Waals surface area contributed by atoms with Crippen LogP contribution in [0.2, 0.25) is 4.34 Å². The van der Waals surface area contributed by atoms with Crippen molar-refractivity contribution >= 4 is 57.8 Å². The van der Waals surface area contributed by atoms with E-state index in [1.54, 1.807) is 44.7 Å². The minimum absolute atomic E-state index is 0.224. The number of amides is 1. The van der Waals surface area contributed by atoms with E-state index in [1.807, 2.05) is 13.0 Å². The van der Waals surface area contributed by atoms with E-state index in [0.717, 1.165) is 4.88 Å². The lowest BCUT2D eigenvalue weighted by Gasteiger charge is -2.32. The fourth-order valence-electron chi connectivity index (χ4n) is 5.98. The normalized spacial score (nSPS) is 24.6. The number of nitrogens with one attached hydrogen (secondary N) is 2. The Morgan fingerprint density at radius 1 is 1.11 bits per heavy atom. The van der Waals surface area contributed by atoms with Crippen LogP contribution in [0, 0.1) is 35.0 Å². The Balaban J connectivity index is 1.65. The summed E-state index contributed by atoms with van der Waals surface area (Å²) in [6.45, 7) is 9.68. The van der Waals surface area contributed by atoms with Gasteiger partial charge in [-0.25, -0.2) is 15.0 Å². The van der Waals surface area contributed by atoms with Gasteiger partial charge in [0.2, 0.25) is 11.7 Å². The van der Waals surface area contributed by atoms with E-state index in [-0.39, 0.29) is 23.6 Å². The maximum atomic E-state index is 13.6. The van der Waals surface area contributed by atoms with Gasteiger partial charge in [0.15, 0.2) is 29.2 Å². The van der Waals surface area contributed by atoms with Gasteiger partial charge >= 0.3 is 11.9 Å². The zero-order chi connectivity index (χ0) is 33.5. The first kappa shape index (κ1) is 33.6. The summed E-state index contributed by atoms with van der Waals surface area (Å²) in [5.74, 6) is 4.18. The first-order valence-electron chi connectivity index (χ1n) is 15.2. The predicted molar refractivity (Wildman–Crippen MR) is 174 cm³/mol. The first-order valence-corrected chi connectivity index (χ1v) is 16.4. The fourth-order valence-corrected chi connectivity index (χ4v) is 6.88. The molecule has 7 atom stereocenters. The Bertz CT molecular complexity index is 1710. The van der Waals surface area contributed by atoms with Crippen LogP contribution in [0.15, 0.2) is 18.5 Å². The van der Waals surface area contributed by atoms with Gasteiger partial charge in [0.05, 0.1) is 27.0 Å². The molecule has 5 rings (SSSR count). The van der Waals surface area contributed by atoms with Crippen molar-refractivity contribution in [1.82, 2.24) is 24.8 Å². The minimum Gasteiger partial charge on any atom is -0.456 e. The molecule has 0 aliphatic heterocycles. The number of nitrogens with zero attached hydrogens (tertiary/aromatic N) is 4. The maximum absolute atomic E-state index is 13.6. The Labute approximate surface area is 276 Å². The van der Waals surface area contributed by atoms with E-state index in [2.05, 4.69) is 32.4 Å². The van der Waals surface area contributed by atoms with Gasteiger partial charge in [-0.3, -0.25) is 14.4 Å². The van der Waals surface area contributed by atoms with Crippen molar-refractivity contribution in [3.8, 4) is 11.8 Å². The molecule has 3 heterocycles. The topological polar surface area (TPSA) is 189 Å². The third-order valence-electron chi connectivity index (χ3n) is 8.70. The molecule has 2 aliphatic rings. The van der Waals surface area contributed by atoms with Crippen molar-refractivity contribution in [2.24, 2.45) is 34.6 Å². The second-order valence-corrected chi connectivity index (χ2v) is 14.0. The second kappa shape index (κ2) is 13.2. The number of hydrogen-bond donors (Lipinski definition) is 4. The van der Waals surface area contributed by atoms with Crippen LogP contribution in [0.3, 0.4) is 0 Å². The molecule has 2 saturated carbocycles. The Morgan fingerprint density at radius 2 is 1.78 bits per heavy atom. The lowest BCUT2D eigenvalue weighted by Crippen LogP contribution is -2.50. The summed E-state index contributed by atoms with van der Waals surface area (Å²) in [5, 5.41) is 5.94. The highest BCUT2D eigenvalue weighted by Crippen LogP contribution is 2.69. The van der Waals surface area contributed by atoms with Crippen molar-refractivity contribution in [3.63, 3.8) is 0 Å². The van der Waals surface area contributed by atoms with Gasteiger partial charge in [0.25, 0.3) is 0 Å². The maximum Gasteiger partial charge on any atom is 0.323 e. The summed E-state index contributed by atoms with van der Waals surface area (Å²) in [6, 6.07) is 0.983. The lowest BCUT2D eigenvalue weighted by molar-refractivity contribution is -0.177. The Morgan fingerprint density at radius 3 is 2.37 bits per heavy atom. The highest BCUT2D eigenvalue weighted by atomic mass is 35.5. The predicted octanol–water partition coefficient (Wildman–Crippen LogP) is 2.47. The molecule has 0 aromatic carbocycles. The number of esters is 2. The van der Waals surface area contributed by atoms with Crippen molar-refractivity contribution in [3.05, 3.63) is 33.5 Å². The van der Waals surface area contributed by atoms with Crippen LogP contribution in [0.5, 0.6) is 0 Å². The van der Waals surface area contributed by atoms with Crippen LogP contribution in [0.1, 0.15) is 57.8 Å². The lowest BCUT2D eigenvalue weighted by atomic mass is 9.96. The molecule has 0 saturated heterocycles. The van der Waals surface area contributed by atoms with Crippen molar-refractivity contribution in [2.45, 2.75) is 71.4 Å². The van der Waals surface area contributed by atoms with E-state index in [1.165, 1.54) is 18.4 Å². The number of imidazole rings is 1. The molecular formula is C31H39ClN8O5S. The van der Waals surface area contributed by atoms with Gasteiger partial charge in [0.1, 0.15) is 12.1 Å². The van der Waals surface area contributed by atoms with E-state index in [9.17, 15) is 14.4 Å². The van der Waals surface area contributed by atoms with Crippen molar-refractivity contribution < 1.29 is 23.9 Å². The number of carbonyl (C=O) groups is 3. The van der Waals surface area contributed by atoms with Crippen LogP contribution < -0.4 is 22.1 Å². The van der Waals surface area contributed by atoms with E-state index in [0.29, 0.717) is 34.3 Å². The zero-order valence-corrected chi connectivity index (χ0v) is 28.1. The largest absolute Gasteiger partial charge is 0.456 e. The number of anilines is 1. The number of ether oxygens (including phenoxy) is 2. The number of carbonyl (C=O) groups excluding carboxylic acids is 3. The third kappa shape index (κ3) is 6.04. The molecule has 246 valence electrons. The summed E-state index contributed by atoms with van der Waals surface area (Å²) >= 11 is 7.41.